The van der Waals surface area contributed by atoms with Crippen LogP contribution in [0.25, 0.3) is 5.57 Å². The number of amides is 1. The SMILES string of the molecule is CC(C)(C)[N+]1(C(=O)[O-])CCC(c2ccc(OC(F)(F)F)cc2)=C(CO)C1. The number of aliphatic hydroxyl groups is 1. The molecule has 0 saturated heterocycles. The van der Waals surface area contributed by atoms with Crippen LogP contribution in [-0.2, 0) is 0 Å². The van der Waals surface area contributed by atoms with E-state index < -0.39 is 18.0 Å². The molecule has 1 aliphatic heterocycles. The second-order valence-electron chi connectivity index (χ2n) is 7.35. The van der Waals surface area contributed by atoms with E-state index in [0.29, 0.717) is 17.6 Å². The van der Waals surface area contributed by atoms with Gasteiger partial charge in [-0.25, -0.2) is 0 Å². The lowest BCUT2D eigenvalue weighted by molar-refractivity contribution is -0.916. The van der Waals surface area contributed by atoms with Crippen molar-refractivity contribution in [1.82, 2.24) is 0 Å². The van der Waals surface area contributed by atoms with Crippen molar-refractivity contribution < 1.29 is 37.4 Å². The summed E-state index contributed by atoms with van der Waals surface area (Å²) in [5, 5.41) is 21.6. The first kappa shape index (κ1) is 20.3. The lowest BCUT2D eigenvalue weighted by Gasteiger charge is -2.50. The average molecular weight is 373 g/mol. The summed E-state index contributed by atoms with van der Waals surface area (Å²) >= 11 is 0. The van der Waals surface area contributed by atoms with Gasteiger partial charge in [0.05, 0.1) is 18.7 Å². The van der Waals surface area contributed by atoms with Gasteiger partial charge in [-0.05, 0) is 44.0 Å². The fraction of sp³-hybridized carbons (Fsp3) is 0.500. The number of aliphatic hydroxyl groups excluding tert-OH is 1. The smallest absolute Gasteiger partial charge is 0.498 e. The highest BCUT2D eigenvalue weighted by Crippen LogP contribution is 2.37. The standard InChI is InChI=1S/C18H22F3NO4/c1-17(2,3)22(16(24)25)9-8-15(13(10-22)11-23)12-4-6-14(7-5-12)26-18(19,20)21/h4-7,23H,8-11H2,1-3H3. The molecule has 0 bridgehead atoms. The monoisotopic (exact) mass is 373 g/mol. The Hall–Kier alpha value is -2.06. The van der Waals surface area contributed by atoms with Gasteiger partial charge in [-0.3, -0.25) is 4.48 Å². The first-order valence-electron chi connectivity index (χ1n) is 8.16. The van der Waals surface area contributed by atoms with E-state index in [0.717, 1.165) is 5.57 Å². The number of quaternary nitrogens is 1. The zero-order valence-electron chi connectivity index (χ0n) is 14.9. The van der Waals surface area contributed by atoms with E-state index in [4.69, 9.17) is 0 Å². The van der Waals surface area contributed by atoms with Crippen LogP contribution in [0.5, 0.6) is 5.75 Å². The summed E-state index contributed by atoms with van der Waals surface area (Å²) in [5.41, 5.74) is 1.29. The second kappa shape index (κ2) is 6.92. The summed E-state index contributed by atoms with van der Waals surface area (Å²) < 4.78 is 40.3. The van der Waals surface area contributed by atoms with E-state index in [1.807, 2.05) is 0 Å². The third-order valence-corrected chi connectivity index (χ3v) is 4.89. The number of alkyl halides is 3. The minimum atomic E-state index is -4.76. The molecule has 1 aromatic rings. The van der Waals surface area contributed by atoms with E-state index in [1.165, 1.54) is 24.3 Å². The molecule has 0 spiro atoms. The van der Waals surface area contributed by atoms with Crippen molar-refractivity contribution in [3.05, 3.63) is 35.4 Å². The lowest BCUT2D eigenvalue weighted by Crippen LogP contribution is -2.69. The van der Waals surface area contributed by atoms with Crippen molar-refractivity contribution in [2.75, 3.05) is 19.7 Å². The molecule has 0 aromatic heterocycles. The van der Waals surface area contributed by atoms with Gasteiger partial charge in [-0.2, -0.15) is 0 Å². The predicted molar refractivity (Wildman–Crippen MR) is 86.9 cm³/mol. The molecule has 26 heavy (non-hydrogen) atoms. The number of benzene rings is 1. The molecule has 0 radical (unpaired) electrons. The van der Waals surface area contributed by atoms with Crippen LogP contribution < -0.4 is 9.84 Å². The maximum atomic E-state index is 12.3. The Bertz CT molecular complexity index is 705. The van der Waals surface area contributed by atoms with Crippen LogP contribution in [-0.4, -0.2) is 47.3 Å². The van der Waals surface area contributed by atoms with E-state index in [-0.39, 0.29) is 29.9 Å². The van der Waals surface area contributed by atoms with E-state index >= 15 is 0 Å². The summed E-state index contributed by atoms with van der Waals surface area (Å²) in [7, 11) is 0. The van der Waals surface area contributed by atoms with Crippen molar-refractivity contribution in [1.29, 1.82) is 0 Å². The molecule has 1 unspecified atom stereocenters. The zero-order chi connectivity index (χ0) is 19.8. The number of carbonyl (C=O) groups is 1. The first-order valence-corrected chi connectivity index (χ1v) is 8.16. The van der Waals surface area contributed by atoms with Gasteiger partial charge >= 0.3 is 6.36 Å². The molecule has 1 amide bonds. The molecular formula is C18H22F3NO4. The average Bonchev–Trinajstić information content (AvgIpc) is 2.52. The largest absolute Gasteiger partial charge is 0.573 e. The molecule has 1 N–H and O–H groups in total. The topological polar surface area (TPSA) is 69.6 Å². The Morgan fingerprint density at radius 3 is 2.23 bits per heavy atom. The van der Waals surface area contributed by atoms with Gasteiger partial charge in [0.1, 0.15) is 12.3 Å². The molecule has 5 nitrogen and oxygen atoms in total. The Balaban J connectivity index is 2.36. The molecule has 1 aromatic carbocycles. The molecule has 0 saturated carbocycles. The molecule has 2 rings (SSSR count). The number of hydrogen-bond acceptors (Lipinski definition) is 4. The molecule has 1 heterocycles. The molecule has 144 valence electrons. The summed E-state index contributed by atoms with van der Waals surface area (Å²) in [4.78, 5) is 11.8. The van der Waals surface area contributed by atoms with Gasteiger partial charge in [-0.15, -0.1) is 13.2 Å². The summed E-state index contributed by atoms with van der Waals surface area (Å²) in [6.45, 7) is 5.41. The minimum absolute atomic E-state index is 0.0818. The highest BCUT2D eigenvalue weighted by Gasteiger charge is 2.45. The number of hydrogen-bond donors (Lipinski definition) is 1. The van der Waals surface area contributed by atoms with Crippen LogP contribution in [0, 0.1) is 0 Å². The van der Waals surface area contributed by atoms with Crippen molar-refractivity contribution in [2.45, 2.75) is 39.1 Å². The van der Waals surface area contributed by atoms with Crippen LogP contribution >= 0.6 is 0 Å². The first-order chi connectivity index (χ1) is 11.9. The Kier molecular flexibility index (Phi) is 5.39. The Morgan fingerprint density at radius 2 is 1.81 bits per heavy atom. The minimum Gasteiger partial charge on any atom is -0.498 e. The van der Waals surface area contributed by atoms with Crippen LogP contribution in [0.15, 0.2) is 29.8 Å². The highest BCUT2D eigenvalue weighted by molar-refractivity contribution is 5.71. The molecule has 8 heteroatoms. The number of nitrogens with zero attached hydrogens (tertiary/aromatic N) is 1. The maximum Gasteiger partial charge on any atom is 0.573 e. The predicted octanol–water partition coefficient (Wildman–Crippen LogP) is 2.69. The van der Waals surface area contributed by atoms with E-state index in [2.05, 4.69) is 4.74 Å². The highest BCUT2D eigenvalue weighted by atomic mass is 19.4. The van der Waals surface area contributed by atoms with Gasteiger partial charge < -0.3 is 19.7 Å². The quantitative estimate of drug-likeness (QED) is 0.827. The molecular weight excluding hydrogens is 351 g/mol. The second-order valence-corrected chi connectivity index (χ2v) is 7.35. The summed E-state index contributed by atoms with van der Waals surface area (Å²) in [6.07, 6.45) is -5.61. The summed E-state index contributed by atoms with van der Waals surface area (Å²) in [6, 6.07) is 5.35. The van der Waals surface area contributed by atoms with Crippen LogP contribution in [0.3, 0.4) is 0 Å². The Labute approximate surface area is 149 Å². The molecule has 0 aliphatic carbocycles. The van der Waals surface area contributed by atoms with Crippen molar-refractivity contribution >= 4 is 11.7 Å². The molecule has 1 aliphatic rings. The van der Waals surface area contributed by atoms with E-state index in [1.54, 1.807) is 20.8 Å². The third kappa shape index (κ3) is 4.02. The van der Waals surface area contributed by atoms with Gasteiger partial charge in [0.15, 0.2) is 0 Å². The number of carbonyl (C=O) groups excluding carboxylic acids is 1. The van der Waals surface area contributed by atoms with Gasteiger partial charge in [-0.1, -0.05) is 12.1 Å². The normalized spacial score (nSPS) is 21.7. The summed E-state index contributed by atoms with van der Waals surface area (Å²) in [5.74, 6) is -0.335. The van der Waals surface area contributed by atoms with Gasteiger partial charge in [0, 0.05) is 12.0 Å². The molecule has 1 atom stereocenters. The Morgan fingerprint density at radius 1 is 1.23 bits per heavy atom. The number of halogens is 3. The fourth-order valence-electron chi connectivity index (χ4n) is 3.33. The molecule has 0 fully saturated rings. The zero-order valence-corrected chi connectivity index (χ0v) is 14.9. The fourth-order valence-corrected chi connectivity index (χ4v) is 3.33. The number of carboxylic acid groups (broad SMARTS) is 1. The third-order valence-electron chi connectivity index (χ3n) is 4.89. The number of rotatable bonds is 3. The van der Waals surface area contributed by atoms with Crippen LogP contribution in [0.1, 0.15) is 32.8 Å². The maximum absolute atomic E-state index is 12.3. The lowest BCUT2D eigenvalue weighted by atomic mass is 9.88. The van der Waals surface area contributed by atoms with Gasteiger partial charge in [0.25, 0.3) is 6.09 Å². The van der Waals surface area contributed by atoms with Crippen molar-refractivity contribution in [2.24, 2.45) is 0 Å². The number of ether oxygens (including phenoxy) is 1. The van der Waals surface area contributed by atoms with Gasteiger partial charge in [0.2, 0.25) is 0 Å². The van der Waals surface area contributed by atoms with Crippen LogP contribution in [0.2, 0.25) is 0 Å². The van der Waals surface area contributed by atoms with Crippen molar-refractivity contribution in [3.8, 4) is 5.75 Å². The van der Waals surface area contributed by atoms with E-state index in [9.17, 15) is 28.2 Å². The van der Waals surface area contributed by atoms with Crippen LogP contribution in [0.4, 0.5) is 18.0 Å². The van der Waals surface area contributed by atoms with Crippen molar-refractivity contribution in [3.63, 3.8) is 0 Å².